The standard InChI is InChI=1S/C15H24ClNO2/c1-6-9-17-14(10(2)3)11-7-8-12(18-4)13(16)15(11)19-5/h7-8,10,14,17H,6,9H2,1-5H3. The molecule has 108 valence electrons. The van der Waals surface area contributed by atoms with E-state index in [4.69, 9.17) is 21.1 Å². The molecule has 1 unspecified atom stereocenters. The van der Waals surface area contributed by atoms with Crippen LogP contribution in [0.3, 0.4) is 0 Å². The van der Waals surface area contributed by atoms with E-state index in [2.05, 4.69) is 26.1 Å². The Morgan fingerprint density at radius 2 is 1.89 bits per heavy atom. The van der Waals surface area contributed by atoms with Crippen molar-refractivity contribution in [1.29, 1.82) is 0 Å². The molecule has 19 heavy (non-hydrogen) atoms. The van der Waals surface area contributed by atoms with Crippen molar-refractivity contribution in [3.63, 3.8) is 0 Å². The zero-order valence-corrected chi connectivity index (χ0v) is 13.2. The molecule has 0 fully saturated rings. The third-order valence-corrected chi connectivity index (χ3v) is 3.49. The molecule has 0 radical (unpaired) electrons. The van der Waals surface area contributed by atoms with Gasteiger partial charge in [-0.1, -0.05) is 32.4 Å². The fraction of sp³-hybridized carbons (Fsp3) is 0.600. The lowest BCUT2D eigenvalue weighted by atomic mass is 9.95. The molecule has 0 saturated heterocycles. The van der Waals surface area contributed by atoms with Gasteiger partial charge in [0, 0.05) is 11.6 Å². The van der Waals surface area contributed by atoms with Gasteiger partial charge in [-0.2, -0.15) is 0 Å². The summed E-state index contributed by atoms with van der Waals surface area (Å²) >= 11 is 6.32. The predicted molar refractivity (Wildman–Crippen MR) is 80.4 cm³/mol. The highest BCUT2D eigenvalue weighted by molar-refractivity contribution is 6.33. The van der Waals surface area contributed by atoms with E-state index in [-0.39, 0.29) is 6.04 Å². The van der Waals surface area contributed by atoms with Crippen LogP contribution in [0.2, 0.25) is 5.02 Å². The highest BCUT2D eigenvalue weighted by Gasteiger charge is 2.22. The lowest BCUT2D eigenvalue weighted by Gasteiger charge is -2.25. The van der Waals surface area contributed by atoms with Crippen LogP contribution in [0.5, 0.6) is 11.5 Å². The van der Waals surface area contributed by atoms with Gasteiger partial charge < -0.3 is 14.8 Å². The third kappa shape index (κ3) is 3.77. The average Bonchev–Trinajstić information content (AvgIpc) is 2.39. The molecule has 0 saturated carbocycles. The third-order valence-electron chi connectivity index (χ3n) is 3.13. The van der Waals surface area contributed by atoms with Gasteiger partial charge in [0.05, 0.1) is 14.2 Å². The van der Waals surface area contributed by atoms with Crippen molar-refractivity contribution in [1.82, 2.24) is 5.32 Å². The highest BCUT2D eigenvalue weighted by Crippen LogP contribution is 2.41. The maximum absolute atomic E-state index is 6.32. The molecule has 3 nitrogen and oxygen atoms in total. The molecule has 0 aliphatic rings. The average molecular weight is 286 g/mol. The van der Waals surface area contributed by atoms with Crippen LogP contribution in [0.25, 0.3) is 0 Å². The van der Waals surface area contributed by atoms with Crippen molar-refractivity contribution >= 4 is 11.6 Å². The van der Waals surface area contributed by atoms with E-state index in [0.29, 0.717) is 22.4 Å². The van der Waals surface area contributed by atoms with Crippen molar-refractivity contribution in [3.05, 3.63) is 22.7 Å². The van der Waals surface area contributed by atoms with Crippen LogP contribution < -0.4 is 14.8 Å². The Balaban J connectivity index is 3.18. The summed E-state index contributed by atoms with van der Waals surface area (Å²) in [5.41, 5.74) is 1.08. The van der Waals surface area contributed by atoms with Crippen molar-refractivity contribution in [2.75, 3.05) is 20.8 Å². The van der Waals surface area contributed by atoms with Crippen molar-refractivity contribution in [3.8, 4) is 11.5 Å². The van der Waals surface area contributed by atoms with Crippen LogP contribution in [0, 0.1) is 5.92 Å². The summed E-state index contributed by atoms with van der Waals surface area (Å²) in [6.45, 7) is 7.49. The topological polar surface area (TPSA) is 30.5 Å². The first-order chi connectivity index (χ1) is 9.06. The molecule has 1 atom stereocenters. The van der Waals surface area contributed by atoms with Crippen LogP contribution >= 0.6 is 11.6 Å². The molecule has 0 aliphatic carbocycles. The first-order valence-electron chi connectivity index (χ1n) is 6.70. The van der Waals surface area contributed by atoms with Gasteiger partial charge in [0.1, 0.15) is 16.5 Å². The Hall–Kier alpha value is -0.930. The fourth-order valence-electron chi connectivity index (χ4n) is 2.17. The Labute approximate surface area is 121 Å². The lowest BCUT2D eigenvalue weighted by molar-refractivity contribution is 0.364. The Morgan fingerprint density at radius 1 is 1.21 bits per heavy atom. The maximum Gasteiger partial charge on any atom is 0.146 e. The van der Waals surface area contributed by atoms with Gasteiger partial charge in [-0.05, 0) is 31.0 Å². The van der Waals surface area contributed by atoms with Crippen molar-refractivity contribution < 1.29 is 9.47 Å². The summed E-state index contributed by atoms with van der Waals surface area (Å²) in [4.78, 5) is 0. The van der Waals surface area contributed by atoms with Crippen LogP contribution in [0.1, 0.15) is 38.8 Å². The van der Waals surface area contributed by atoms with E-state index >= 15 is 0 Å². The van der Waals surface area contributed by atoms with Crippen LogP contribution in [-0.4, -0.2) is 20.8 Å². The minimum Gasteiger partial charge on any atom is -0.495 e. The quantitative estimate of drug-likeness (QED) is 0.820. The highest BCUT2D eigenvalue weighted by atomic mass is 35.5. The second-order valence-corrected chi connectivity index (χ2v) is 5.26. The molecule has 0 aromatic heterocycles. The zero-order valence-electron chi connectivity index (χ0n) is 12.4. The minimum absolute atomic E-state index is 0.221. The molecular formula is C15H24ClNO2. The molecule has 0 amide bonds. The summed E-state index contributed by atoms with van der Waals surface area (Å²) in [5, 5.41) is 4.08. The van der Waals surface area contributed by atoms with E-state index in [1.165, 1.54) is 0 Å². The number of benzene rings is 1. The Bertz CT molecular complexity index is 407. The predicted octanol–water partition coefficient (Wildman–Crippen LogP) is 4.05. The summed E-state index contributed by atoms with van der Waals surface area (Å²) in [6.07, 6.45) is 1.09. The second kappa shape index (κ2) is 7.61. The van der Waals surface area contributed by atoms with Gasteiger partial charge in [0.2, 0.25) is 0 Å². The van der Waals surface area contributed by atoms with Crippen molar-refractivity contribution in [2.45, 2.75) is 33.2 Å². The normalized spacial score (nSPS) is 12.6. The van der Waals surface area contributed by atoms with Gasteiger partial charge in [-0.25, -0.2) is 0 Å². The SMILES string of the molecule is CCCNC(c1ccc(OC)c(Cl)c1OC)C(C)C. The molecule has 1 aromatic carbocycles. The lowest BCUT2D eigenvalue weighted by Crippen LogP contribution is -2.27. The van der Waals surface area contributed by atoms with Crippen LogP contribution in [0.15, 0.2) is 12.1 Å². The van der Waals surface area contributed by atoms with E-state index in [1.807, 2.05) is 12.1 Å². The van der Waals surface area contributed by atoms with Gasteiger partial charge in [0.15, 0.2) is 0 Å². The largest absolute Gasteiger partial charge is 0.495 e. The first kappa shape index (κ1) is 16.1. The molecule has 1 aromatic rings. The monoisotopic (exact) mass is 285 g/mol. The van der Waals surface area contributed by atoms with Crippen molar-refractivity contribution in [2.24, 2.45) is 5.92 Å². The second-order valence-electron chi connectivity index (χ2n) is 4.88. The smallest absolute Gasteiger partial charge is 0.146 e. The molecule has 1 rings (SSSR count). The number of halogens is 1. The van der Waals surface area contributed by atoms with Crippen LogP contribution in [-0.2, 0) is 0 Å². The number of hydrogen-bond acceptors (Lipinski definition) is 3. The van der Waals surface area contributed by atoms with E-state index in [0.717, 1.165) is 18.5 Å². The van der Waals surface area contributed by atoms with Gasteiger partial charge in [-0.3, -0.25) is 0 Å². The Morgan fingerprint density at radius 3 is 2.37 bits per heavy atom. The fourth-order valence-corrected chi connectivity index (χ4v) is 2.49. The summed E-state index contributed by atoms with van der Waals surface area (Å²) < 4.78 is 10.7. The Kier molecular flexibility index (Phi) is 6.46. The molecule has 0 bridgehead atoms. The number of rotatable bonds is 7. The summed E-state index contributed by atoms with van der Waals surface area (Å²) in [7, 11) is 3.25. The van der Waals surface area contributed by atoms with E-state index in [9.17, 15) is 0 Å². The van der Waals surface area contributed by atoms with E-state index < -0.39 is 0 Å². The number of nitrogens with one attached hydrogen (secondary N) is 1. The van der Waals surface area contributed by atoms with Crippen LogP contribution in [0.4, 0.5) is 0 Å². The molecular weight excluding hydrogens is 262 g/mol. The summed E-state index contributed by atoms with van der Waals surface area (Å²) in [6, 6.07) is 4.14. The molecule has 1 N–H and O–H groups in total. The zero-order chi connectivity index (χ0) is 14.4. The molecule has 4 heteroatoms. The molecule has 0 heterocycles. The van der Waals surface area contributed by atoms with Gasteiger partial charge >= 0.3 is 0 Å². The maximum atomic E-state index is 6.32. The van der Waals surface area contributed by atoms with E-state index in [1.54, 1.807) is 14.2 Å². The number of methoxy groups -OCH3 is 2. The number of hydrogen-bond donors (Lipinski definition) is 1. The minimum atomic E-state index is 0.221. The number of ether oxygens (including phenoxy) is 2. The van der Waals surface area contributed by atoms with Gasteiger partial charge in [-0.15, -0.1) is 0 Å². The summed E-state index contributed by atoms with van der Waals surface area (Å²) in [5.74, 6) is 1.79. The van der Waals surface area contributed by atoms with Gasteiger partial charge in [0.25, 0.3) is 0 Å². The molecule has 0 spiro atoms. The first-order valence-corrected chi connectivity index (χ1v) is 7.08. The molecule has 0 aliphatic heterocycles.